The van der Waals surface area contributed by atoms with Gasteiger partial charge in [-0.2, -0.15) is 0 Å². The van der Waals surface area contributed by atoms with E-state index in [1.807, 2.05) is 0 Å². The third-order valence-corrected chi connectivity index (χ3v) is 6.64. The number of benzene rings is 1. The largest absolute Gasteiger partial charge is 0.366 e. The molecule has 0 spiro atoms. The predicted molar refractivity (Wildman–Crippen MR) is 113 cm³/mol. The van der Waals surface area contributed by atoms with Crippen molar-refractivity contribution in [2.75, 3.05) is 18.4 Å². The van der Waals surface area contributed by atoms with Gasteiger partial charge < -0.3 is 16.4 Å². The summed E-state index contributed by atoms with van der Waals surface area (Å²) in [6, 6.07) is 8.72. The number of hydrogen-bond acceptors (Lipinski definition) is 4. The molecule has 5 nitrogen and oxygen atoms in total. The fraction of sp³-hybridized carbons (Fsp3) is 0.391. The normalized spacial score (nSPS) is 30.0. The Kier molecular flexibility index (Phi) is 4.71. The van der Waals surface area contributed by atoms with Crippen LogP contribution in [0.2, 0.25) is 0 Å². The molecule has 2 atom stereocenters. The molecule has 1 aliphatic heterocycles. The fourth-order valence-electron chi connectivity index (χ4n) is 5.14. The predicted octanol–water partition coefficient (Wildman–Crippen LogP) is 3.40. The first-order valence-electron chi connectivity index (χ1n) is 10.1. The van der Waals surface area contributed by atoms with E-state index in [-0.39, 0.29) is 11.3 Å². The summed E-state index contributed by atoms with van der Waals surface area (Å²) < 4.78 is 0. The first-order chi connectivity index (χ1) is 13.5. The van der Waals surface area contributed by atoms with Gasteiger partial charge in [-0.1, -0.05) is 37.6 Å². The molecule has 1 heterocycles. The van der Waals surface area contributed by atoms with Crippen molar-refractivity contribution in [1.29, 1.82) is 5.41 Å². The van der Waals surface area contributed by atoms with Gasteiger partial charge in [-0.3, -0.25) is 10.2 Å². The van der Waals surface area contributed by atoms with Gasteiger partial charge >= 0.3 is 0 Å². The second-order valence-corrected chi connectivity index (χ2v) is 8.22. The van der Waals surface area contributed by atoms with Gasteiger partial charge in [0, 0.05) is 29.4 Å². The van der Waals surface area contributed by atoms with Crippen LogP contribution >= 0.6 is 0 Å². The van der Waals surface area contributed by atoms with E-state index in [1.54, 1.807) is 24.4 Å². The van der Waals surface area contributed by atoms with Crippen molar-refractivity contribution < 1.29 is 4.79 Å². The van der Waals surface area contributed by atoms with Crippen LogP contribution in [0.5, 0.6) is 0 Å². The first kappa shape index (κ1) is 18.7. The zero-order valence-corrected chi connectivity index (χ0v) is 16.3. The molecular weight excluding hydrogens is 348 g/mol. The maximum Gasteiger partial charge on any atom is 0.250 e. The van der Waals surface area contributed by atoms with E-state index in [9.17, 15) is 4.79 Å². The molecule has 28 heavy (non-hydrogen) atoms. The number of allylic oxidation sites excluding steroid dienone is 4. The van der Waals surface area contributed by atoms with Crippen LogP contribution in [-0.4, -0.2) is 24.7 Å². The Morgan fingerprint density at radius 1 is 1.36 bits per heavy atom. The zero-order valence-electron chi connectivity index (χ0n) is 16.3. The van der Waals surface area contributed by atoms with E-state index in [2.05, 4.69) is 41.8 Å². The summed E-state index contributed by atoms with van der Waals surface area (Å²) in [5, 5.41) is 15.0. The van der Waals surface area contributed by atoms with Gasteiger partial charge in [0.05, 0.1) is 11.3 Å². The average molecular weight is 377 g/mol. The highest BCUT2D eigenvalue weighted by Gasteiger charge is 2.67. The van der Waals surface area contributed by atoms with Gasteiger partial charge in [-0.05, 0) is 55.0 Å². The summed E-state index contributed by atoms with van der Waals surface area (Å²) in [5.41, 5.74) is 9.56. The lowest BCUT2D eigenvalue weighted by atomic mass is 9.79. The summed E-state index contributed by atoms with van der Waals surface area (Å²) in [5.74, 6) is -0.578. The number of nitrogens with one attached hydrogen (secondary N) is 3. The number of piperidine rings is 1. The van der Waals surface area contributed by atoms with Gasteiger partial charge in [-0.15, -0.1) is 0 Å². The van der Waals surface area contributed by atoms with Crippen molar-refractivity contribution in [3.8, 4) is 0 Å². The number of carbonyl (C=O) groups is 1. The molecule has 1 aromatic rings. The summed E-state index contributed by atoms with van der Waals surface area (Å²) in [6.45, 7) is 4.52. The molecule has 1 aromatic carbocycles. The van der Waals surface area contributed by atoms with Crippen molar-refractivity contribution in [1.82, 2.24) is 5.32 Å². The van der Waals surface area contributed by atoms with E-state index in [4.69, 9.17) is 11.1 Å². The minimum Gasteiger partial charge on any atom is -0.366 e. The molecule has 2 aliphatic carbocycles. The van der Waals surface area contributed by atoms with Crippen LogP contribution in [0.4, 0.5) is 5.69 Å². The lowest BCUT2D eigenvalue weighted by molar-refractivity contribution is -0.114. The molecule has 0 radical (unpaired) electrons. The lowest BCUT2D eigenvalue weighted by Gasteiger charge is -2.32. The van der Waals surface area contributed by atoms with Crippen LogP contribution in [0.3, 0.4) is 0 Å². The molecule has 0 bridgehead atoms. The highest BCUT2D eigenvalue weighted by molar-refractivity contribution is 6.28. The van der Waals surface area contributed by atoms with Crippen LogP contribution in [0.25, 0.3) is 0 Å². The topological polar surface area (TPSA) is 91.0 Å². The monoisotopic (exact) mass is 376 g/mol. The standard InChI is InChI=1S/C23H28N4O/c1-2-10-22-14-23(22,11-12-26-15-22)17-6-8-18(9-7-17)27-13-16-4-3-5-19(20(16)24)21(25)28/h3-9,13,24,26-27H,2,10-12,14-15H2,1H3,(H2,25,28)/b16-13-,24-20?. The van der Waals surface area contributed by atoms with E-state index < -0.39 is 5.91 Å². The number of anilines is 1. The number of rotatable bonds is 6. The number of primary amides is 1. The molecule has 1 saturated carbocycles. The number of fused-ring (bicyclic) bond motifs is 1. The molecule has 2 fully saturated rings. The Hall–Kier alpha value is -2.66. The van der Waals surface area contributed by atoms with Crippen molar-refractivity contribution in [2.45, 2.75) is 38.0 Å². The fourth-order valence-corrected chi connectivity index (χ4v) is 5.14. The SMILES string of the molecule is CCCC12CNCCC1(c1ccc(N/C=C3/C=CC=C(C(N)=O)C3=N)cc1)C2. The van der Waals surface area contributed by atoms with E-state index in [0.29, 0.717) is 16.4 Å². The molecule has 0 aromatic heterocycles. The molecule has 146 valence electrons. The number of amides is 1. The molecule has 5 heteroatoms. The van der Waals surface area contributed by atoms with Crippen molar-refractivity contribution >= 4 is 17.3 Å². The highest BCUT2D eigenvalue weighted by atomic mass is 16.1. The molecular formula is C23H28N4O. The molecule has 1 saturated heterocycles. The first-order valence-corrected chi connectivity index (χ1v) is 10.1. The minimum absolute atomic E-state index is 0.148. The second-order valence-electron chi connectivity index (χ2n) is 8.22. The maximum absolute atomic E-state index is 11.4. The number of nitrogens with two attached hydrogens (primary N) is 1. The Bertz CT molecular complexity index is 892. The van der Waals surface area contributed by atoms with Crippen LogP contribution in [-0.2, 0) is 10.2 Å². The van der Waals surface area contributed by atoms with Crippen molar-refractivity contribution in [3.63, 3.8) is 0 Å². The summed E-state index contributed by atoms with van der Waals surface area (Å²) in [6.07, 6.45) is 11.9. The maximum atomic E-state index is 11.4. The van der Waals surface area contributed by atoms with Crippen LogP contribution in [0, 0.1) is 10.8 Å². The Morgan fingerprint density at radius 3 is 2.86 bits per heavy atom. The Labute approximate surface area is 166 Å². The second kappa shape index (κ2) is 7.06. The van der Waals surface area contributed by atoms with Crippen molar-refractivity contribution in [2.24, 2.45) is 11.1 Å². The number of carbonyl (C=O) groups excluding carboxylic acids is 1. The summed E-state index contributed by atoms with van der Waals surface area (Å²) in [7, 11) is 0. The molecule has 1 amide bonds. The molecule has 2 unspecified atom stereocenters. The Morgan fingerprint density at radius 2 is 2.14 bits per heavy atom. The average Bonchev–Trinajstić information content (AvgIpc) is 3.37. The molecule has 3 aliphatic rings. The van der Waals surface area contributed by atoms with Crippen LogP contribution in [0.1, 0.15) is 38.2 Å². The van der Waals surface area contributed by atoms with Gasteiger partial charge in [0.1, 0.15) is 0 Å². The van der Waals surface area contributed by atoms with Crippen molar-refractivity contribution in [3.05, 3.63) is 65.4 Å². The van der Waals surface area contributed by atoms with E-state index in [0.717, 1.165) is 18.8 Å². The third kappa shape index (κ3) is 3.00. The van der Waals surface area contributed by atoms with Gasteiger partial charge in [0.2, 0.25) is 0 Å². The van der Waals surface area contributed by atoms with Gasteiger partial charge in [-0.25, -0.2) is 0 Å². The van der Waals surface area contributed by atoms with Crippen LogP contribution < -0.4 is 16.4 Å². The lowest BCUT2D eigenvalue weighted by Crippen LogP contribution is -2.38. The van der Waals surface area contributed by atoms with E-state index in [1.165, 1.54) is 31.2 Å². The summed E-state index contributed by atoms with van der Waals surface area (Å²) in [4.78, 5) is 11.4. The van der Waals surface area contributed by atoms with Crippen LogP contribution in [0.15, 0.2) is 59.8 Å². The molecule has 5 N–H and O–H groups in total. The van der Waals surface area contributed by atoms with E-state index >= 15 is 0 Å². The summed E-state index contributed by atoms with van der Waals surface area (Å²) >= 11 is 0. The quantitative estimate of drug-likeness (QED) is 0.613. The minimum atomic E-state index is -0.578. The molecule has 4 rings (SSSR count). The number of hydrogen-bond donors (Lipinski definition) is 4. The smallest absolute Gasteiger partial charge is 0.250 e. The third-order valence-electron chi connectivity index (χ3n) is 6.64. The van der Waals surface area contributed by atoms with Gasteiger partial charge in [0.25, 0.3) is 5.91 Å². The Balaban J connectivity index is 1.48. The highest BCUT2D eigenvalue weighted by Crippen LogP contribution is 2.69. The van der Waals surface area contributed by atoms with Gasteiger partial charge in [0.15, 0.2) is 0 Å². The zero-order chi connectivity index (χ0) is 19.8.